The highest BCUT2D eigenvalue weighted by Gasteiger charge is 2.62. The van der Waals surface area contributed by atoms with E-state index >= 15 is 8.78 Å². The van der Waals surface area contributed by atoms with E-state index in [4.69, 9.17) is 0 Å². The summed E-state index contributed by atoms with van der Waals surface area (Å²) in [5, 5.41) is 4.19. The van der Waals surface area contributed by atoms with E-state index in [0.29, 0.717) is 0 Å². The van der Waals surface area contributed by atoms with E-state index in [1.807, 2.05) is 60.7 Å². The summed E-state index contributed by atoms with van der Waals surface area (Å²) < 4.78 is 30.2. The van der Waals surface area contributed by atoms with E-state index in [2.05, 4.69) is 24.3 Å². The predicted molar refractivity (Wildman–Crippen MR) is 125 cm³/mol. The quantitative estimate of drug-likeness (QED) is 0.433. The van der Waals surface area contributed by atoms with Gasteiger partial charge in [-0.05, 0) is 33.8 Å². The SMILES string of the molecule is Fc1ccccc1[Si]1(c2ccccc2)C[Si](c2ccccc2)(c2ccccc2F)C1. The van der Waals surface area contributed by atoms with Gasteiger partial charge in [-0.2, -0.15) is 0 Å². The lowest BCUT2D eigenvalue weighted by Gasteiger charge is -2.55. The van der Waals surface area contributed by atoms with Gasteiger partial charge in [0, 0.05) is 0 Å². The molecule has 0 aliphatic carbocycles. The third kappa shape index (κ3) is 2.90. The zero-order valence-corrected chi connectivity index (χ0v) is 18.6. The minimum atomic E-state index is -2.34. The molecular formula is C26H22F2Si2. The molecule has 1 heterocycles. The van der Waals surface area contributed by atoms with Crippen molar-refractivity contribution in [3.05, 3.63) is 121 Å². The van der Waals surface area contributed by atoms with Crippen LogP contribution in [0, 0.1) is 11.6 Å². The molecule has 0 N–H and O–H groups in total. The summed E-state index contributed by atoms with van der Waals surface area (Å²) in [7, 11) is -4.69. The van der Waals surface area contributed by atoms with Crippen molar-refractivity contribution in [2.45, 2.75) is 11.3 Å². The molecule has 0 amide bonds. The third-order valence-corrected chi connectivity index (χ3v) is 22.0. The number of halogens is 2. The van der Waals surface area contributed by atoms with Gasteiger partial charge in [0.05, 0.1) is 0 Å². The van der Waals surface area contributed by atoms with Crippen LogP contribution in [-0.4, -0.2) is 16.1 Å². The first kappa shape index (κ1) is 19.2. The van der Waals surface area contributed by atoms with E-state index in [1.54, 1.807) is 24.3 Å². The highest BCUT2D eigenvalue weighted by Crippen LogP contribution is 2.40. The Morgan fingerprint density at radius 1 is 0.433 bits per heavy atom. The zero-order chi connectivity index (χ0) is 20.6. The summed E-state index contributed by atoms with van der Waals surface area (Å²) in [6.45, 7) is 0. The molecule has 0 unspecified atom stereocenters. The van der Waals surface area contributed by atoms with Crippen molar-refractivity contribution in [3.8, 4) is 0 Å². The molecule has 0 aromatic heterocycles. The number of rotatable bonds is 4. The fraction of sp³-hybridized carbons (Fsp3) is 0.0769. The molecule has 0 saturated carbocycles. The van der Waals surface area contributed by atoms with Crippen LogP contribution in [0.2, 0.25) is 11.3 Å². The lowest BCUT2D eigenvalue weighted by molar-refractivity contribution is 0.634. The van der Waals surface area contributed by atoms with Crippen molar-refractivity contribution in [2.24, 2.45) is 0 Å². The Labute approximate surface area is 177 Å². The van der Waals surface area contributed by atoms with Crippen LogP contribution < -0.4 is 20.7 Å². The maximum Gasteiger partial charge on any atom is 0.122 e. The monoisotopic (exact) mass is 428 g/mol. The first-order valence-corrected chi connectivity index (χ1v) is 15.1. The second-order valence-electron chi connectivity index (χ2n) is 8.21. The van der Waals surface area contributed by atoms with E-state index < -0.39 is 16.1 Å². The van der Waals surface area contributed by atoms with Gasteiger partial charge in [0.15, 0.2) is 0 Å². The normalized spacial score (nSPS) is 23.0. The Balaban J connectivity index is 1.72. The van der Waals surface area contributed by atoms with Gasteiger partial charge >= 0.3 is 0 Å². The van der Waals surface area contributed by atoms with Crippen LogP contribution >= 0.6 is 0 Å². The average molecular weight is 429 g/mol. The lowest BCUT2D eigenvalue weighted by Crippen LogP contribution is -2.83. The van der Waals surface area contributed by atoms with Crippen LogP contribution in [0.5, 0.6) is 0 Å². The van der Waals surface area contributed by atoms with Gasteiger partial charge in [0.2, 0.25) is 0 Å². The van der Waals surface area contributed by atoms with Gasteiger partial charge in [-0.25, -0.2) is 8.78 Å². The number of hydrogen-bond acceptors (Lipinski definition) is 0. The summed E-state index contributed by atoms with van der Waals surface area (Å²) in [6.07, 6.45) is 0. The van der Waals surface area contributed by atoms with Crippen LogP contribution in [0.3, 0.4) is 0 Å². The minimum absolute atomic E-state index is 0.128. The van der Waals surface area contributed by atoms with Gasteiger partial charge in [-0.1, -0.05) is 107 Å². The Hall–Kier alpha value is -2.83. The summed E-state index contributed by atoms with van der Waals surface area (Å²) in [5.41, 5.74) is 1.77. The third-order valence-electron chi connectivity index (χ3n) is 6.64. The fourth-order valence-corrected chi connectivity index (χ4v) is 23.6. The van der Waals surface area contributed by atoms with Crippen LogP contribution in [-0.2, 0) is 0 Å². The molecular weight excluding hydrogens is 406 g/mol. The Bertz CT molecular complexity index is 1080. The molecule has 0 nitrogen and oxygen atoms in total. The first-order chi connectivity index (χ1) is 14.7. The smallest absolute Gasteiger partial charge is 0.122 e. The zero-order valence-electron chi connectivity index (χ0n) is 16.6. The van der Waals surface area contributed by atoms with Gasteiger partial charge in [-0.3, -0.25) is 0 Å². The summed E-state index contributed by atoms with van der Waals surface area (Å²) in [5.74, 6) is -0.255. The van der Waals surface area contributed by atoms with E-state index in [-0.39, 0.29) is 11.6 Å². The second-order valence-corrected chi connectivity index (χ2v) is 17.6. The molecule has 5 rings (SSSR count). The highest BCUT2D eigenvalue weighted by molar-refractivity contribution is 7.31. The van der Waals surface area contributed by atoms with E-state index in [1.165, 1.54) is 10.4 Å². The molecule has 1 aliphatic heterocycles. The Kier molecular flexibility index (Phi) is 4.76. The average Bonchev–Trinajstić information content (AvgIpc) is 2.77. The molecule has 0 atom stereocenters. The molecule has 0 radical (unpaired) electrons. The second kappa shape index (κ2) is 7.45. The fourth-order valence-electron chi connectivity index (χ4n) is 5.29. The van der Waals surface area contributed by atoms with Gasteiger partial charge in [0.1, 0.15) is 27.8 Å². The van der Waals surface area contributed by atoms with Gasteiger partial charge in [0.25, 0.3) is 0 Å². The molecule has 1 fully saturated rings. The summed E-state index contributed by atoms with van der Waals surface area (Å²) in [4.78, 5) is 0. The molecule has 4 heteroatoms. The largest absolute Gasteiger partial charge is 0.207 e. The van der Waals surface area contributed by atoms with Gasteiger partial charge in [-0.15, -0.1) is 0 Å². The molecule has 1 aliphatic rings. The van der Waals surface area contributed by atoms with Crippen molar-refractivity contribution < 1.29 is 8.78 Å². The van der Waals surface area contributed by atoms with E-state index in [9.17, 15) is 0 Å². The van der Waals surface area contributed by atoms with Crippen molar-refractivity contribution in [3.63, 3.8) is 0 Å². The minimum Gasteiger partial charge on any atom is -0.207 e. The molecule has 4 aromatic rings. The van der Waals surface area contributed by atoms with Crippen LogP contribution in [0.25, 0.3) is 0 Å². The Morgan fingerprint density at radius 3 is 1.13 bits per heavy atom. The maximum atomic E-state index is 15.1. The Morgan fingerprint density at radius 2 is 0.767 bits per heavy atom. The summed E-state index contributed by atoms with van der Waals surface area (Å²) in [6, 6.07) is 35.2. The molecule has 0 spiro atoms. The van der Waals surface area contributed by atoms with E-state index in [0.717, 1.165) is 21.7 Å². The van der Waals surface area contributed by atoms with Crippen LogP contribution in [0.1, 0.15) is 0 Å². The summed E-state index contributed by atoms with van der Waals surface area (Å²) >= 11 is 0. The number of benzene rings is 4. The van der Waals surface area contributed by atoms with Crippen LogP contribution in [0.4, 0.5) is 8.78 Å². The van der Waals surface area contributed by atoms with Crippen molar-refractivity contribution >= 4 is 36.9 Å². The molecule has 4 aromatic carbocycles. The standard InChI is InChI=1S/C26H22F2Si2/c27-23-15-7-9-17-25(23)29(21-11-3-1-4-12-21)19-30(20-29,22-13-5-2-6-14-22)26-18-10-8-16-24(26)28/h1-18H,19-20H2. The molecule has 30 heavy (non-hydrogen) atoms. The lowest BCUT2D eigenvalue weighted by atomic mass is 10.3. The molecule has 0 bridgehead atoms. The molecule has 148 valence electrons. The van der Waals surface area contributed by atoms with Crippen molar-refractivity contribution in [1.82, 2.24) is 0 Å². The van der Waals surface area contributed by atoms with Crippen molar-refractivity contribution in [1.29, 1.82) is 0 Å². The molecule has 1 saturated heterocycles. The highest BCUT2D eigenvalue weighted by atomic mass is 28.5. The maximum absolute atomic E-state index is 15.1. The number of hydrogen-bond donors (Lipinski definition) is 0. The van der Waals surface area contributed by atoms with Crippen molar-refractivity contribution in [2.75, 3.05) is 0 Å². The topological polar surface area (TPSA) is 0 Å². The van der Waals surface area contributed by atoms with Crippen LogP contribution in [0.15, 0.2) is 109 Å². The van der Waals surface area contributed by atoms with Gasteiger partial charge < -0.3 is 0 Å². The first-order valence-electron chi connectivity index (χ1n) is 10.3. The predicted octanol–water partition coefficient (Wildman–Crippen LogP) is 3.88.